The molecule has 1 nitrogen and oxygen atoms in total. The minimum absolute atomic E-state index is 0.288. The van der Waals surface area contributed by atoms with Gasteiger partial charge in [-0.1, -0.05) is 59.7 Å². The largest absolute Gasteiger partial charge is 0.294 e. The monoisotopic (exact) mass is 308 g/mol. The molecule has 2 rings (SSSR count). The maximum atomic E-state index is 12.2. The number of Topliss-reactive ketones (excluding diaryl/α,β-unsaturated/α-hetero) is 1. The zero-order valence-corrected chi connectivity index (χ0v) is 12.6. The Labute approximate surface area is 118 Å². The molecule has 1 saturated carbocycles. The van der Waals surface area contributed by atoms with Crippen molar-refractivity contribution in [2.75, 3.05) is 0 Å². The van der Waals surface area contributed by atoms with Gasteiger partial charge in [-0.2, -0.15) is 0 Å². The Hall–Kier alpha value is -0.630. The first-order valence-corrected chi connectivity index (χ1v) is 7.75. The summed E-state index contributed by atoms with van der Waals surface area (Å²) in [5.41, 5.74) is 2.00. The van der Waals surface area contributed by atoms with Gasteiger partial charge in [0.15, 0.2) is 5.78 Å². The van der Waals surface area contributed by atoms with Crippen LogP contribution in [0.4, 0.5) is 0 Å². The van der Waals surface area contributed by atoms with E-state index in [9.17, 15) is 4.79 Å². The van der Waals surface area contributed by atoms with Crippen LogP contribution < -0.4 is 0 Å². The number of carbonyl (C=O) groups is 1. The number of carbonyl (C=O) groups excluding carboxylic acids is 1. The van der Waals surface area contributed by atoms with E-state index in [-0.39, 0.29) is 5.78 Å². The van der Waals surface area contributed by atoms with Crippen LogP contribution in [0.15, 0.2) is 22.7 Å². The van der Waals surface area contributed by atoms with Gasteiger partial charge in [-0.05, 0) is 31.4 Å². The summed E-state index contributed by atoms with van der Waals surface area (Å²) in [6.07, 6.45) is 8.50. The van der Waals surface area contributed by atoms with Crippen LogP contribution in [0.5, 0.6) is 0 Å². The number of benzene rings is 1. The molecule has 0 N–H and O–H groups in total. The highest BCUT2D eigenvalue weighted by Gasteiger charge is 2.16. The van der Waals surface area contributed by atoms with Gasteiger partial charge in [-0.15, -0.1) is 0 Å². The molecule has 0 aliphatic heterocycles. The van der Waals surface area contributed by atoms with E-state index in [0.717, 1.165) is 27.9 Å². The fraction of sp³-hybridized carbons (Fsp3) is 0.562. The molecule has 0 amide bonds. The third kappa shape index (κ3) is 3.68. The SMILES string of the molecule is Cc1ccc(Br)c(C(=O)CCC2CCCCC2)c1. The standard InChI is InChI=1S/C16H21BrO/c1-12-7-9-15(17)14(11-12)16(18)10-8-13-5-3-2-4-6-13/h7,9,11,13H,2-6,8,10H2,1H3. The Morgan fingerprint density at radius 2 is 2.00 bits per heavy atom. The van der Waals surface area contributed by atoms with Crippen LogP contribution in [0.25, 0.3) is 0 Å². The Balaban J connectivity index is 1.92. The summed E-state index contributed by atoms with van der Waals surface area (Å²) < 4.78 is 0.932. The van der Waals surface area contributed by atoms with E-state index in [1.165, 1.54) is 32.1 Å². The highest BCUT2D eigenvalue weighted by atomic mass is 79.9. The summed E-state index contributed by atoms with van der Waals surface area (Å²) in [5, 5.41) is 0. The molecule has 1 aromatic carbocycles. The predicted molar refractivity (Wildman–Crippen MR) is 79.0 cm³/mol. The summed E-state index contributed by atoms with van der Waals surface area (Å²) in [5.74, 6) is 1.07. The van der Waals surface area contributed by atoms with E-state index in [1.54, 1.807) is 0 Å². The van der Waals surface area contributed by atoms with Gasteiger partial charge >= 0.3 is 0 Å². The van der Waals surface area contributed by atoms with Crippen molar-refractivity contribution in [3.8, 4) is 0 Å². The van der Waals surface area contributed by atoms with E-state index in [4.69, 9.17) is 0 Å². The summed E-state index contributed by atoms with van der Waals surface area (Å²) in [6.45, 7) is 2.03. The van der Waals surface area contributed by atoms with Crippen molar-refractivity contribution in [2.24, 2.45) is 5.92 Å². The number of aryl methyl sites for hydroxylation is 1. The van der Waals surface area contributed by atoms with Gasteiger partial charge in [0, 0.05) is 16.5 Å². The van der Waals surface area contributed by atoms with Crippen molar-refractivity contribution in [1.29, 1.82) is 0 Å². The smallest absolute Gasteiger partial charge is 0.164 e. The molecule has 2 heteroatoms. The molecule has 18 heavy (non-hydrogen) atoms. The second-order valence-electron chi connectivity index (χ2n) is 5.45. The number of halogens is 1. The van der Waals surface area contributed by atoms with Gasteiger partial charge in [0.1, 0.15) is 0 Å². The van der Waals surface area contributed by atoms with E-state index < -0.39 is 0 Å². The number of hydrogen-bond donors (Lipinski definition) is 0. The van der Waals surface area contributed by atoms with Crippen LogP contribution in [0, 0.1) is 12.8 Å². The first-order chi connectivity index (χ1) is 8.66. The zero-order chi connectivity index (χ0) is 13.0. The maximum Gasteiger partial charge on any atom is 0.164 e. The second kappa shape index (κ2) is 6.51. The molecule has 0 unspecified atom stereocenters. The second-order valence-corrected chi connectivity index (χ2v) is 6.30. The zero-order valence-electron chi connectivity index (χ0n) is 11.0. The lowest BCUT2D eigenvalue weighted by molar-refractivity contribution is 0.0969. The van der Waals surface area contributed by atoms with Crippen molar-refractivity contribution >= 4 is 21.7 Å². The Morgan fingerprint density at radius 3 is 2.72 bits per heavy atom. The van der Waals surface area contributed by atoms with Crippen molar-refractivity contribution in [3.05, 3.63) is 33.8 Å². The molecule has 0 heterocycles. The molecule has 0 spiro atoms. The Morgan fingerprint density at radius 1 is 1.28 bits per heavy atom. The van der Waals surface area contributed by atoms with Crippen molar-refractivity contribution in [2.45, 2.75) is 51.9 Å². The third-order valence-electron chi connectivity index (χ3n) is 3.93. The van der Waals surface area contributed by atoms with Gasteiger partial charge in [-0.3, -0.25) is 4.79 Å². The fourth-order valence-electron chi connectivity index (χ4n) is 2.80. The molecular weight excluding hydrogens is 288 g/mol. The quantitative estimate of drug-likeness (QED) is 0.690. The number of rotatable bonds is 4. The summed E-state index contributed by atoms with van der Waals surface area (Å²) in [6, 6.07) is 6.00. The summed E-state index contributed by atoms with van der Waals surface area (Å²) >= 11 is 3.48. The van der Waals surface area contributed by atoms with Gasteiger partial charge < -0.3 is 0 Å². The number of ketones is 1. The van der Waals surface area contributed by atoms with Gasteiger partial charge in [0.25, 0.3) is 0 Å². The van der Waals surface area contributed by atoms with Crippen LogP contribution in [0.1, 0.15) is 60.9 Å². The van der Waals surface area contributed by atoms with Crippen LogP contribution in [-0.4, -0.2) is 5.78 Å². The van der Waals surface area contributed by atoms with Crippen molar-refractivity contribution < 1.29 is 4.79 Å². The third-order valence-corrected chi connectivity index (χ3v) is 4.62. The maximum absolute atomic E-state index is 12.2. The lowest BCUT2D eigenvalue weighted by Crippen LogP contribution is -2.09. The van der Waals surface area contributed by atoms with Crippen LogP contribution in [0.2, 0.25) is 0 Å². The minimum Gasteiger partial charge on any atom is -0.294 e. The molecule has 0 aromatic heterocycles. The topological polar surface area (TPSA) is 17.1 Å². The molecular formula is C16H21BrO. The molecule has 1 fully saturated rings. The average molecular weight is 309 g/mol. The fourth-order valence-corrected chi connectivity index (χ4v) is 3.27. The van der Waals surface area contributed by atoms with E-state index in [2.05, 4.69) is 15.9 Å². The predicted octanol–water partition coefficient (Wildman–Crippen LogP) is 5.30. The van der Waals surface area contributed by atoms with Gasteiger partial charge in [0.2, 0.25) is 0 Å². The minimum atomic E-state index is 0.288. The van der Waals surface area contributed by atoms with E-state index in [0.29, 0.717) is 6.42 Å². The molecule has 0 saturated heterocycles. The highest BCUT2D eigenvalue weighted by Crippen LogP contribution is 2.28. The highest BCUT2D eigenvalue weighted by molar-refractivity contribution is 9.10. The van der Waals surface area contributed by atoms with Crippen LogP contribution in [0.3, 0.4) is 0 Å². The number of hydrogen-bond acceptors (Lipinski definition) is 1. The lowest BCUT2D eigenvalue weighted by atomic mass is 9.85. The van der Waals surface area contributed by atoms with E-state index in [1.807, 2.05) is 25.1 Å². The lowest BCUT2D eigenvalue weighted by Gasteiger charge is -2.21. The molecule has 98 valence electrons. The Kier molecular flexibility index (Phi) is 4.99. The van der Waals surface area contributed by atoms with E-state index >= 15 is 0 Å². The van der Waals surface area contributed by atoms with Crippen LogP contribution >= 0.6 is 15.9 Å². The Bertz CT molecular complexity index is 419. The first-order valence-electron chi connectivity index (χ1n) is 6.96. The molecule has 1 aliphatic carbocycles. The van der Waals surface area contributed by atoms with Gasteiger partial charge in [0.05, 0.1) is 0 Å². The van der Waals surface area contributed by atoms with Crippen molar-refractivity contribution in [3.63, 3.8) is 0 Å². The summed E-state index contributed by atoms with van der Waals surface area (Å²) in [4.78, 5) is 12.2. The average Bonchev–Trinajstić information content (AvgIpc) is 2.40. The first kappa shape index (κ1) is 13.8. The molecule has 1 aliphatic rings. The molecule has 0 bridgehead atoms. The molecule has 1 aromatic rings. The summed E-state index contributed by atoms with van der Waals surface area (Å²) in [7, 11) is 0. The van der Waals surface area contributed by atoms with Gasteiger partial charge in [-0.25, -0.2) is 0 Å². The molecule has 0 atom stereocenters. The van der Waals surface area contributed by atoms with Crippen molar-refractivity contribution in [1.82, 2.24) is 0 Å². The molecule has 0 radical (unpaired) electrons. The van der Waals surface area contributed by atoms with Crippen LogP contribution in [-0.2, 0) is 0 Å². The normalized spacial score (nSPS) is 16.8.